The lowest BCUT2D eigenvalue weighted by Gasteiger charge is -2.35. The van der Waals surface area contributed by atoms with Crippen LogP contribution < -0.4 is 11.1 Å². The van der Waals surface area contributed by atoms with Crippen LogP contribution in [0.1, 0.15) is 47.5 Å². The molecule has 2 heterocycles. The first kappa shape index (κ1) is 24.5. The van der Waals surface area contributed by atoms with Crippen LogP contribution >= 0.6 is 24.8 Å². The van der Waals surface area contributed by atoms with E-state index < -0.39 is 0 Å². The van der Waals surface area contributed by atoms with Crippen molar-refractivity contribution in [3.8, 4) is 0 Å². The molecule has 1 aromatic carbocycles. The highest BCUT2D eigenvalue weighted by atomic mass is 35.5. The van der Waals surface area contributed by atoms with Crippen molar-refractivity contribution in [2.75, 3.05) is 13.1 Å². The summed E-state index contributed by atoms with van der Waals surface area (Å²) < 4.78 is 5.24. The van der Waals surface area contributed by atoms with Crippen LogP contribution in [0, 0.1) is 11.8 Å². The van der Waals surface area contributed by atoms with Gasteiger partial charge in [0.25, 0.3) is 5.91 Å². The second-order valence-electron chi connectivity index (χ2n) is 7.60. The third-order valence-corrected chi connectivity index (χ3v) is 5.01. The van der Waals surface area contributed by atoms with Gasteiger partial charge in [0.1, 0.15) is 12.0 Å². The SMILES string of the molecule is CC1CC(C)CN(Cc2ccccc2CNC(=O)c2coc(CN)c2)C1.Cl.Cl. The minimum Gasteiger partial charge on any atom is -0.467 e. The number of benzene rings is 1. The number of hydrogen-bond acceptors (Lipinski definition) is 4. The van der Waals surface area contributed by atoms with Gasteiger partial charge in [0.05, 0.1) is 12.1 Å². The Labute approximate surface area is 179 Å². The molecule has 2 unspecified atom stereocenters. The van der Waals surface area contributed by atoms with E-state index in [2.05, 4.69) is 42.3 Å². The van der Waals surface area contributed by atoms with Gasteiger partial charge in [0, 0.05) is 26.2 Å². The third-order valence-electron chi connectivity index (χ3n) is 5.01. The Kier molecular flexibility index (Phi) is 10.0. The summed E-state index contributed by atoms with van der Waals surface area (Å²) in [6.07, 6.45) is 2.77. The molecule has 3 N–H and O–H groups in total. The van der Waals surface area contributed by atoms with Crippen LogP contribution in [-0.4, -0.2) is 23.9 Å². The molecule has 5 nitrogen and oxygen atoms in total. The fourth-order valence-electron chi connectivity index (χ4n) is 3.93. The van der Waals surface area contributed by atoms with Crippen molar-refractivity contribution >= 4 is 30.7 Å². The number of likely N-dealkylation sites (tertiary alicyclic amines) is 1. The highest BCUT2D eigenvalue weighted by Crippen LogP contribution is 2.23. The van der Waals surface area contributed by atoms with Crippen LogP contribution in [0.3, 0.4) is 0 Å². The number of halogens is 2. The van der Waals surface area contributed by atoms with E-state index in [1.54, 1.807) is 6.07 Å². The molecule has 3 rings (SSSR count). The normalized spacial score (nSPS) is 19.4. The van der Waals surface area contributed by atoms with Gasteiger partial charge in [-0.25, -0.2) is 0 Å². The number of amides is 1. The summed E-state index contributed by atoms with van der Waals surface area (Å²) >= 11 is 0. The van der Waals surface area contributed by atoms with Gasteiger partial charge in [-0.3, -0.25) is 9.69 Å². The standard InChI is InChI=1S/C21H29N3O2.2ClH/c1-15-7-16(2)12-24(11-15)13-18-6-4-3-5-17(18)10-23-21(25)19-8-20(9-22)26-14-19;;/h3-6,8,14-16H,7,9-13,22H2,1-2H3,(H,23,25);2*1H. The minimum absolute atomic E-state index is 0. The van der Waals surface area contributed by atoms with Gasteiger partial charge < -0.3 is 15.5 Å². The fourth-order valence-corrected chi connectivity index (χ4v) is 3.93. The van der Waals surface area contributed by atoms with Crippen molar-refractivity contribution in [1.82, 2.24) is 10.2 Å². The summed E-state index contributed by atoms with van der Waals surface area (Å²) in [4.78, 5) is 14.8. The number of furan rings is 1. The molecular weight excluding hydrogens is 397 g/mol. The Bertz CT molecular complexity index is 741. The van der Waals surface area contributed by atoms with E-state index >= 15 is 0 Å². The first-order chi connectivity index (χ1) is 12.5. The third kappa shape index (κ3) is 6.52. The monoisotopic (exact) mass is 427 g/mol. The lowest BCUT2D eigenvalue weighted by molar-refractivity contribution is 0.0950. The Morgan fingerprint density at radius 1 is 1.18 bits per heavy atom. The van der Waals surface area contributed by atoms with E-state index in [0.29, 0.717) is 24.4 Å². The zero-order valence-corrected chi connectivity index (χ0v) is 18.2. The summed E-state index contributed by atoms with van der Waals surface area (Å²) in [7, 11) is 0. The van der Waals surface area contributed by atoms with Crippen molar-refractivity contribution < 1.29 is 9.21 Å². The van der Waals surface area contributed by atoms with Crippen LogP contribution in [0.25, 0.3) is 0 Å². The molecule has 1 aliphatic heterocycles. The second kappa shape index (κ2) is 11.5. The molecule has 2 aromatic rings. The maximum absolute atomic E-state index is 12.3. The Morgan fingerprint density at radius 3 is 2.43 bits per heavy atom. The van der Waals surface area contributed by atoms with Gasteiger partial charge in [0.2, 0.25) is 0 Å². The number of nitrogens with zero attached hydrogens (tertiary/aromatic N) is 1. The van der Waals surface area contributed by atoms with Crippen molar-refractivity contribution in [3.63, 3.8) is 0 Å². The number of hydrogen-bond donors (Lipinski definition) is 2. The van der Waals surface area contributed by atoms with Gasteiger partial charge in [0.15, 0.2) is 0 Å². The molecule has 1 fully saturated rings. The molecule has 0 saturated carbocycles. The van der Waals surface area contributed by atoms with E-state index in [0.717, 1.165) is 37.0 Å². The first-order valence-corrected chi connectivity index (χ1v) is 9.40. The number of piperidine rings is 1. The molecule has 1 aromatic heterocycles. The molecule has 7 heteroatoms. The van der Waals surface area contributed by atoms with E-state index in [-0.39, 0.29) is 30.7 Å². The summed E-state index contributed by atoms with van der Waals surface area (Å²) in [6, 6.07) is 10.0. The van der Waals surface area contributed by atoms with E-state index in [9.17, 15) is 4.79 Å². The smallest absolute Gasteiger partial charge is 0.254 e. The van der Waals surface area contributed by atoms with E-state index in [1.165, 1.54) is 18.2 Å². The molecule has 0 aliphatic carbocycles. The predicted octanol–water partition coefficient (Wildman–Crippen LogP) is 3.99. The number of carbonyl (C=O) groups excluding carboxylic acids is 1. The van der Waals surface area contributed by atoms with Gasteiger partial charge in [-0.2, -0.15) is 0 Å². The summed E-state index contributed by atoms with van der Waals surface area (Å²) in [5.41, 5.74) is 8.48. The Hall–Kier alpha value is -1.53. The Balaban J connectivity index is 0.00000196. The van der Waals surface area contributed by atoms with Crippen LogP contribution in [0.15, 0.2) is 41.0 Å². The highest BCUT2D eigenvalue weighted by Gasteiger charge is 2.22. The van der Waals surface area contributed by atoms with E-state index in [1.807, 2.05) is 6.07 Å². The molecule has 1 amide bonds. The average molecular weight is 428 g/mol. The summed E-state index contributed by atoms with van der Waals surface area (Å²) in [6.45, 7) is 8.68. The molecule has 2 atom stereocenters. The molecule has 28 heavy (non-hydrogen) atoms. The molecular formula is C21H31Cl2N3O2. The summed E-state index contributed by atoms with van der Waals surface area (Å²) in [5.74, 6) is 1.96. The second-order valence-corrected chi connectivity index (χ2v) is 7.60. The zero-order chi connectivity index (χ0) is 18.5. The van der Waals surface area contributed by atoms with Crippen molar-refractivity contribution in [2.24, 2.45) is 17.6 Å². The minimum atomic E-state index is -0.136. The van der Waals surface area contributed by atoms with Crippen LogP contribution in [0.5, 0.6) is 0 Å². The van der Waals surface area contributed by atoms with Crippen LogP contribution in [-0.2, 0) is 19.6 Å². The highest BCUT2D eigenvalue weighted by molar-refractivity contribution is 5.93. The molecule has 1 aliphatic rings. The maximum atomic E-state index is 12.3. The van der Waals surface area contributed by atoms with Crippen molar-refractivity contribution in [1.29, 1.82) is 0 Å². The Morgan fingerprint density at radius 2 is 1.82 bits per heavy atom. The van der Waals surface area contributed by atoms with E-state index in [4.69, 9.17) is 10.2 Å². The molecule has 0 bridgehead atoms. The predicted molar refractivity (Wildman–Crippen MR) is 117 cm³/mol. The van der Waals surface area contributed by atoms with Crippen LogP contribution in [0.2, 0.25) is 0 Å². The number of nitrogens with two attached hydrogens (primary N) is 1. The molecule has 0 spiro atoms. The quantitative estimate of drug-likeness (QED) is 0.730. The largest absolute Gasteiger partial charge is 0.467 e. The molecule has 0 radical (unpaired) electrons. The molecule has 156 valence electrons. The topological polar surface area (TPSA) is 71.5 Å². The van der Waals surface area contributed by atoms with Crippen LogP contribution in [0.4, 0.5) is 0 Å². The maximum Gasteiger partial charge on any atom is 0.254 e. The van der Waals surface area contributed by atoms with Crippen molar-refractivity contribution in [2.45, 2.75) is 39.9 Å². The van der Waals surface area contributed by atoms with Crippen molar-refractivity contribution in [3.05, 3.63) is 59.0 Å². The van der Waals surface area contributed by atoms with Gasteiger partial charge in [-0.15, -0.1) is 24.8 Å². The fraction of sp³-hybridized carbons (Fsp3) is 0.476. The first-order valence-electron chi connectivity index (χ1n) is 9.40. The number of carbonyl (C=O) groups is 1. The number of nitrogens with one attached hydrogen (secondary N) is 1. The molecule has 1 saturated heterocycles. The number of rotatable bonds is 6. The zero-order valence-electron chi connectivity index (χ0n) is 16.5. The van der Waals surface area contributed by atoms with Gasteiger partial charge >= 0.3 is 0 Å². The lowest BCUT2D eigenvalue weighted by Crippen LogP contribution is -2.38. The average Bonchev–Trinajstić information content (AvgIpc) is 3.09. The van der Waals surface area contributed by atoms with Gasteiger partial charge in [-0.05, 0) is 35.4 Å². The van der Waals surface area contributed by atoms with Gasteiger partial charge in [-0.1, -0.05) is 38.1 Å². The summed E-state index contributed by atoms with van der Waals surface area (Å²) in [5, 5.41) is 2.99. The lowest BCUT2D eigenvalue weighted by atomic mass is 9.91.